The molecule has 0 radical (unpaired) electrons. The molecule has 0 aliphatic rings. The van der Waals surface area contributed by atoms with Gasteiger partial charge in [-0.1, -0.05) is 55.5 Å². The van der Waals surface area contributed by atoms with E-state index in [1.807, 2.05) is 18.2 Å². The predicted octanol–water partition coefficient (Wildman–Crippen LogP) is 1.52. The lowest BCUT2D eigenvalue weighted by Crippen LogP contribution is -2.29. The zero-order valence-corrected chi connectivity index (χ0v) is 10.5. The van der Waals surface area contributed by atoms with Crippen LogP contribution in [0.5, 0.6) is 0 Å². The molecule has 2 rings (SSSR count). The molecule has 0 amide bonds. The van der Waals surface area contributed by atoms with Crippen molar-refractivity contribution in [1.29, 1.82) is 0 Å². The molecule has 0 fully saturated rings. The molecule has 0 saturated carbocycles. The molecule has 0 bridgehead atoms. The summed E-state index contributed by atoms with van der Waals surface area (Å²) in [7, 11) is -1.40. The number of hydrogen-bond donors (Lipinski definition) is 2. The summed E-state index contributed by atoms with van der Waals surface area (Å²) < 4.78 is 0. The maximum atomic E-state index is 9.14. The van der Waals surface area contributed by atoms with Gasteiger partial charge >= 0.3 is 7.12 Å². The molecule has 2 aromatic carbocycles. The number of rotatable bonds is 4. The lowest BCUT2D eigenvalue weighted by atomic mass is 9.79. The first-order valence-corrected chi connectivity index (χ1v) is 6.22. The summed E-state index contributed by atoms with van der Waals surface area (Å²) in [6.45, 7) is 2.14. The Kier molecular flexibility index (Phi) is 4.18. The summed E-state index contributed by atoms with van der Waals surface area (Å²) in [5, 5.41) is 18.3. The molecule has 0 aromatic heterocycles. The average molecular weight is 240 g/mol. The first-order valence-electron chi connectivity index (χ1n) is 6.22. The quantitative estimate of drug-likeness (QED) is 0.795. The van der Waals surface area contributed by atoms with Crippen LogP contribution in [0.4, 0.5) is 0 Å². The molecular weight excluding hydrogens is 223 g/mol. The van der Waals surface area contributed by atoms with Crippen LogP contribution in [0.25, 0.3) is 0 Å². The number of benzene rings is 2. The van der Waals surface area contributed by atoms with Gasteiger partial charge in [0.1, 0.15) is 0 Å². The van der Waals surface area contributed by atoms with Crippen molar-refractivity contribution in [3.8, 4) is 0 Å². The third kappa shape index (κ3) is 3.22. The van der Waals surface area contributed by atoms with Gasteiger partial charge in [0.2, 0.25) is 0 Å². The molecule has 3 heteroatoms. The van der Waals surface area contributed by atoms with E-state index in [4.69, 9.17) is 10.0 Å². The van der Waals surface area contributed by atoms with Gasteiger partial charge in [0.05, 0.1) is 0 Å². The second-order valence-corrected chi connectivity index (χ2v) is 4.47. The van der Waals surface area contributed by atoms with Crippen molar-refractivity contribution < 1.29 is 10.0 Å². The molecule has 18 heavy (non-hydrogen) atoms. The molecule has 2 nitrogen and oxygen atoms in total. The smallest absolute Gasteiger partial charge is 0.423 e. The van der Waals surface area contributed by atoms with Gasteiger partial charge in [0, 0.05) is 0 Å². The minimum Gasteiger partial charge on any atom is -0.423 e. The van der Waals surface area contributed by atoms with Crippen LogP contribution in [-0.4, -0.2) is 17.2 Å². The molecular formula is C15H17BO2. The third-order valence-corrected chi connectivity index (χ3v) is 3.09. The molecule has 92 valence electrons. The van der Waals surface area contributed by atoms with E-state index in [-0.39, 0.29) is 0 Å². The summed E-state index contributed by atoms with van der Waals surface area (Å²) in [5.41, 5.74) is 4.19. The van der Waals surface area contributed by atoms with Crippen molar-refractivity contribution in [2.75, 3.05) is 0 Å². The van der Waals surface area contributed by atoms with Gasteiger partial charge in [-0.25, -0.2) is 0 Å². The lowest BCUT2D eigenvalue weighted by molar-refractivity contribution is 0.425. The molecule has 0 heterocycles. The Morgan fingerprint density at radius 3 is 2.17 bits per heavy atom. The first kappa shape index (κ1) is 12.9. The fraction of sp³-hybridized carbons (Fsp3) is 0.200. The summed E-state index contributed by atoms with van der Waals surface area (Å²) in [6, 6.07) is 15.9. The molecule has 0 atom stereocenters. The van der Waals surface area contributed by atoms with Crippen LogP contribution in [0.1, 0.15) is 23.6 Å². The maximum absolute atomic E-state index is 9.14. The first-order chi connectivity index (χ1) is 8.69. The Bertz CT molecular complexity index is 506. The van der Waals surface area contributed by atoms with Gasteiger partial charge in [-0.05, 0) is 35.0 Å². The van der Waals surface area contributed by atoms with Gasteiger partial charge < -0.3 is 10.0 Å². The van der Waals surface area contributed by atoms with E-state index in [0.717, 1.165) is 18.4 Å². The van der Waals surface area contributed by atoms with E-state index in [2.05, 4.69) is 31.2 Å². The molecule has 0 unspecified atom stereocenters. The highest BCUT2D eigenvalue weighted by atomic mass is 16.4. The zero-order valence-electron chi connectivity index (χ0n) is 10.5. The Morgan fingerprint density at radius 2 is 1.56 bits per heavy atom. The molecule has 2 aromatic rings. The van der Waals surface area contributed by atoms with Crippen molar-refractivity contribution >= 4 is 12.6 Å². The van der Waals surface area contributed by atoms with Gasteiger partial charge in [-0.2, -0.15) is 0 Å². The Balaban J connectivity index is 2.15. The van der Waals surface area contributed by atoms with Gasteiger partial charge in [-0.3, -0.25) is 0 Å². The summed E-state index contributed by atoms with van der Waals surface area (Å²) >= 11 is 0. The highest BCUT2D eigenvalue weighted by Gasteiger charge is 2.10. The van der Waals surface area contributed by atoms with Crippen LogP contribution < -0.4 is 5.46 Å². The molecule has 2 N–H and O–H groups in total. The Labute approximate surface area is 108 Å². The fourth-order valence-electron chi connectivity index (χ4n) is 1.99. The van der Waals surface area contributed by atoms with Crippen molar-refractivity contribution in [3.05, 3.63) is 65.2 Å². The van der Waals surface area contributed by atoms with Gasteiger partial charge in [0.25, 0.3) is 0 Å². The SMILES string of the molecule is CCc1ccc(Cc2cccc(B(O)O)c2)cc1. The number of aryl methyl sites for hydroxylation is 1. The van der Waals surface area contributed by atoms with Crippen LogP contribution in [0.2, 0.25) is 0 Å². The van der Waals surface area contributed by atoms with E-state index in [9.17, 15) is 0 Å². The van der Waals surface area contributed by atoms with Crippen molar-refractivity contribution in [1.82, 2.24) is 0 Å². The second-order valence-electron chi connectivity index (χ2n) is 4.47. The van der Waals surface area contributed by atoms with Crippen molar-refractivity contribution in [3.63, 3.8) is 0 Å². The van der Waals surface area contributed by atoms with E-state index in [1.165, 1.54) is 11.1 Å². The second kappa shape index (κ2) is 5.85. The van der Waals surface area contributed by atoms with E-state index >= 15 is 0 Å². The standard InChI is InChI=1S/C15H17BO2/c1-2-12-6-8-13(9-7-12)10-14-4-3-5-15(11-14)16(17)18/h3-9,11,17-18H,2,10H2,1H3. The minimum atomic E-state index is -1.40. The minimum absolute atomic E-state index is 0.540. The lowest BCUT2D eigenvalue weighted by Gasteiger charge is -2.06. The zero-order chi connectivity index (χ0) is 13.0. The van der Waals surface area contributed by atoms with Crippen molar-refractivity contribution in [2.45, 2.75) is 19.8 Å². The van der Waals surface area contributed by atoms with Crippen LogP contribution in [0.15, 0.2) is 48.5 Å². The van der Waals surface area contributed by atoms with Crippen LogP contribution in [-0.2, 0) is 12.8 Å². The van der Waals surface area contributed by atoms with Crippen LogP contribution in [0, 0.1) is 0 Å². The normalized spacial score (nSPS) is 10.4. The molecule has 0 saturated heterocycles. The average Bonchev–Trinajstić information content (AvgIpc) is 2.40. The molecule has 0 aliphatic carbocycles. The Hall–Kier alpha value is -1.58. The van der Waals surface area contributed by atoms with Gasteiger partial charge in [0.15, 0.2) is 0 Å². The summed E-state index contributed by atoms with van der Waals surface area (Å²) in [6.07, 6.45) is 1.86. The topological polar surface area (TPSA) is 40.5 Å². The molecule has 0 aliphatic heterocycles. The highest BCUT2D eigenvalue weighted by Crippen LogP contribution is 2.10. The monoisotopic (exact) mass is 240 g/mol. The van der Waals surface area contributed by atoms with Crippen molar-refractivity contribution in [2.24, 2.45) is 0 Å². The van der Waals surface area contributed by atoms with E-state index in [1.54, 1.807) is 6.07 Å². The third-order valence-electron chi connectivity index (χ3n) is 3.09. The highest BCUT2D eigenvalue weighted by molar-refractivity contribution is 6.58. The molecule has 0 spiro atoms. The largest absolute Gasteiger partial charge is 0.488 e. The summed E-state index contributed by atoms with van der Waals surface area (Å²) in [4.78, 5) is 0. The summed E-state index contributed by atoms with van der Waals surface area (Å²) in [5.74, 6) is 0. The maximum Gasteiger partial charge on any atom is 0.488 e. The Morgan fingerprint density at radius 1 is 0.889 bits per heavy atom. The van der Waals surface area contributed by atoms with E-state index < -0.39 is 7.12 Å². The fourth-order valence-corrected chi connectivity index (χ4v) is 1.99. The van der Waals surface area contributed by atoms with Crippen LogP contribution >= 0.6 is 0 Å². The number of hydrogen-bond acceptors (Lipinski definition) is 2. The van der Waals surface area contributed by atoms with Crippen LogP contribution in [0.3, 0.4) is 0 Å². The van der Waals surface area contributed by atoms with Gasteiger partial charge in [-0.15, -0.1) is 0 Å². The van der Waals surface area contributed by atoms with E-state index in [0.29, 0.717) is 5.46 Å². The predicted molar refractivity (Wildman–Crippen MR) is 74.9 cm³/mol.